The second-order valence-corrected chi connectivity index (χ2v) is 7.94. The predicted octanol–water partition coefficient (Wildman–Crippen LogP) is 3.31. The van der Waals surface area contributed by atoms with E-state index in [9.17, 15) is 14.9 Å². The average molecular weight is 385 g/mol. The van der Waals surface area contributed by atoms with Crippen LogP contribution in [0.25, 0.3) is 0 Å². The number of benzene rings is 2. The number of thioether (sulfide) groups is 1. The Hall–Kier alpha value is -2.38. The Bertz CT molecular complexity index is 842. The zero-order chi connectivity index (χ0) is 19.6. The molecule has 0 aliphatic carbocycles. The van der Waals surface area contributed by atoms with Crippen molar-refractivity contribution >= 4 is 28.9 Å². The van der Waals surface area contributed by atoms with Crippen molar-refractivity contribution in [2.24, 2.45) is 0 Å². The lowest BCUT2D eigenvalue weighted by atomic mass is 10.0. The third kappa shape index (κ3) is 3.99. The quantitative estimate of drug-likeness (QED) is 0.432. The number of nitro groups is 1. The van der Waals surface area contributed by atoms with Crippen molar-refractivity contribution in [1.29, 1.82) is 0 Å². The molecule has 0 saturated carbocycles. The largest absolute Gasteiger partial charge is 0.363 e. The smallest absolute Gasteiger partial charge is 0.293 e. The van der Waals surface area contributed by atoms with Crippen molar-refractivity contribution in [2.45, 2.75) is 11.3 Å². The van der Waals surface area contributed by atoms with Crippen LogP contribution in [0.3, 0.4) is 0 Å². The summed E-state index contributed by atoms with van der Waals surface area (Å²) in [5.41, 5.74) is 1.42. The molecule has 1 aliphatic rings. The van der Waals surface area contributed by atoms with Crippen LogP contribution in [0.5, 0.6) is 0 Å². The first kappa shape index (κ1) is 19.4. The van der Waals surface area contributed by atoms with E-state index in [-0.39, 0.29) is 11.5 Å². The highest BCUT2D eigenvalue weighted by Crippen LogP contribution is 2.35. The van der Waals surface area contributed by atoms with Gasteiger partial charge >= 0.3 is 0 Å². The molecule has 0 radical (unpaired) electrons. The summed E-state index contributed by atoms with van der Waals surface area (Å²) in [4.78, 5) is 28.2. The Morgan fingerprint density at radius 3 is 2.41 bits per heavy atom. The molecule has 1 fully saturated rings. The summed E-state index contributed by atoms with van der Waals surface area (Å²) in [5.74, 6) is -0.208. The molecule has 0 bridgehead atoms. The van der Waals surface area contributed by atoms with E-state index >= 15 is 0 Å². The van der Waals surface area contributed by atoms with Crippen molar-refractivity contribution in [2.75, 3.05) is 38.3 Å². The lowest BCUT2D eigenvalue weighted by Gasteiger charge is -2.23. The normalized spacial score (nSPS) is 19.5. The van der Waals surface area contributed by atoms with Crippen molar-refractivity contribution in [3.8, 4) is 0 Å². The highest BCUT2D eigenvalue weighted by atomic mass is 32.2. The first-order valence-electron chi connectivity index (χ1n) is 8.74. The summed E-state index contributed by atoms with van der Waals surface area (Å²) >= 11 is 1.78. The number of nitrogens with zero attached hydrogens (tertiary/aromatic N) is 3. The molecular formula is C20H23N3O3S. The van der Waals surface area contributed by atoms with Gasteiger partial charge in [0.25, 0.3) is 5.69 Å². The van der Waals surface area contributed by atoms with Crippen molar-refractivity contribution < 1.29 is 9.72 Å². The van der Waals surface area contributed by atoms with Gasteiger partial charge in [-0.1, -0.05) is 30.3 Å². The Balaban J connectivity index is 1.94. The molecule has 0 aromatic heterocycles. The average Bonchev–Trinajstić information content (AvgIpc) is 3.12. The van der Waals surface area contributed by atoms with Gasteiger partial charge < -0.3 is 9.80 Å². The van der Waals surface area contributed by atoms with Gasteiger partial charge in [-0.05, 0) is 32.5 Å². The van der Waals surface area contributed by atoms with Gasteiger partial charge in [0, 0.05) is 41.6 Å². The lowest BCUT2D eigenvalue weighted by Crippen LogP contribution is -2.36. The Labute approximate surface area is 163 Å². The van der Waals surface area contributed by atoms with Crippen LogP contribution in [0.15, 0.2) is 48.5 Å². The monoisotopic (exact) mass is 385 g/mol. The maximum atomic E-state index is 12.6. The molecule has 0 spiro atoms. The fraction of sp³-hybridized carbons (Fsp3) is 0.350. The lowest BCUT2D eigenvalue weighted by molar-refractivity contribution is -0.384. The summed E-state index contributed by atoms with van der Waals surface area (Å²) in [6, 6.07) is 14.0. The van der Waals surface area contributed by atoms with Crippen LogP contribution < -0.4 is 4.90 Å². The highest BCUT2D eigenvalue weighted by Gasteiger charge is 2.36. The number of anilines is 1. The van der Waals surface area contributed by atoms with E-state index in [1.807, 2.05) is 20.2 Å². The summed E-state index contributed by atoms with van der Waals surface area (Å²) in [7, 11) is 4.07. The van der Waals surface area contributed by atoms with Crippen molar-refractivity contribution in [1.82, 2.24) is 4.90 Å². The van der Waals surface area contributed by atoms with Gasteiger partial charge in [-0.15, -0.1) is 0 Å². The van der Waals surface area contributed by atoms with E-state index in [1.165, 1.54) is 6.07 Å². The minimum Gasteiger partial charge on any atom is -0.363 e. The van der Waals surface area contributed by atoms with Gasteiger partial charge in [-0.3, -0.25) is 14.9 Å². The van der Waals surface area contributed by atoms with Crippen LogP contribution in [0.1, 0.15) is 15.9 Å². The molecule has 3 rings (SSSR count). The summed E-state index contributed by atoms with van der Waals surface area (Å²) in [6.07, 6.45) is 2.07. The Morgan fingerprint density at radius 1 is 1.15 bits per heavy atom. The van der Waals surface area contributed by atoms with Gasteiger partial charge in [-0.2, -0.15) is 11.8 Å². The zero-order valence-corrected chi connectivity index (χ0v) is 16.5. The van der Waals surface area contributed by atoms with Crippen molar-refractivity contribution in [3.63, 3.8) is 0 Å². The second-order valence-electron chi connectivity index (χ2n) is 6.87. The molecule has 27 heavy (non-hydrogen) atoms. The summed E-state index contributed by atoms with van der Waals surface area (Å²) in [6.45, 7) is 1.47. The van der Waals surface area contributed by atoms with E-state index in [0.717, 1.165) is 13.1 Å². The van der Waals surface area contributed by atoms with Crippen LogP contribution >= 0.6 is 11.8 Å². The van der Waals surface area contributed by atoms with Crippen LogP contribution in [0.2, 0.25) is 0 Å². The Morgan fingerprint density at radius 2 is 1.85 bits per heavy atom. The number of hydrogen-bond acceptors (Lipinski definition) is 6. The maximum absolute atomic E-state index is 12.6. The van der Waals surface area contributed by atoms with Gasteiger partial charge in [0.2, 0.25) is 0 Å². The van der Waals surface area contributed by atoms with Gasteiger partial charge in [0.1, 0.15) is 5.69 Å². The van der Waals surface area contributed by atoms with Gasteiger partial charge in [-0.25, -0.2) is 0 Å². The highest BCUT2D eigenvalue weighted by molar-refractivity contribution is 7.99. The first-order valence-corrected chi connectivity index (χ1v) is 10.0. The molecule has 1 aliphatic heterocycles. The molecule has 1 heterocycles. The standard InChI is InChI=1S/C20H23N3O3S/c1-21(2)18-12-22(13-19(18)27-3)16-10-9-15(11-17(16)23(25)26)20(24)14-7-5-4-6-8-14/h4-11,18-19H,12-13H2,1-3H3. The van der Waals surface area contributed by atoms with Crippen LogP contribution in [0, 0.1) is 10.1 Å². The Kier molecular flexibility index (Phi) is 5.82. The van der Waals surface area contributed by atoms with E-state index in [4.69, 9.17) is 0 Å². The number of nitro benzene ring substituents is 1. The third-order valence-electron chi connectivity index (χ3n) is 5.01. The molecule has 7 heteroatoms. The van der Waals surface area contributed by atoms with E-state index < -0.39 is 4.92 Å². The number of carbonyl (C=O) groups excluding carboxylic acids is 1. The third-order valence-corrected chi connectivity index (χ3v) is 6.08. The number of carbonyl (C=O) groups is 1. The van der Waals surface area contributed by atoms with Crippen LogP contribution in [0.4, 0.5) is 11.4 Å². The predicted molar refractivity (Wildman–Crippen MR) is 110 cm³/mol. The van der Waals surface area contributed by atoms with E-state index in [0.29, 0.717) is 28.1 Å². The number of ketones is 1. The fourth-order valence-electron chi connectivity index (χ4n) is 3.52. The fourth-order valence-corrected chi connectivity index (χ4v) is 4.49. The summed E-state index contributed by atoms with van der Waals surface area (Å²) < 4.78 is 0. The number of likely N-dealkylation sites (N-methyl/N-ethyl adjacent to an activating group) is 1. The molecule has 1 saturated heterocycles. The molecule has 6 nitrogen and oxygen atoms in total. The number of rotatable bonds is 6. The SMILES string of the molecule is CSC1CN(c2ccc(C(=O)c3ccccc3)cc2[N+](=O)[O-])CC1N(C)C. The minimum absolute atomic E-state index is 0.0176. The zero-order valence-electron chi connectivity index (χ0n) is 15.7. The molecular weight excluding hydrogens is 362 g/mol. The van der Waals surface area contributed by atoms with Gasteiger partial charge in [0.15, 0.2) is 5.78 Å². The van der Waals surface area contributed by atoms with Crippen molar-refractivity contribution in [3.05, 3.63) is 69.8 Å². The van der Waals surface area contributed by atoms with E-state index in [1.54, 1.807) is 48.2 Å². The minimum atomic E-state index is -0.395. The summed E-state index contributed by atoms with van der Waals surface area (Å²) in [5, 5.41) is 12.1. The van der Waals surface area contributed by atoms with E-state index in [2.05, 4.69) is 16.1 Å². The molecule has 0 amide bonds. The number of hydrogen-bond donors (Lipinski definition) is 0. The maximum Gasteiger partial charge on any atom is 0.293 e. The molecule has 2 aromatic carbocycles. The first-order chi connectivity index (χ1) is 12.9. The molecule has 2 atom stereocenters. The topological polar surface area (TPSA) is 66.7 Å². The van der Waals surface area contributed by atoms with Crippen LogP contribution in [-0.4, -0.2) is 60.3 Å². The van der Waals surface area contributed by atoms with Crippen LogP contribution in [-0.2, 0) is 0 Å². The molecule has 2 aromatic rings. The van der Waals surface area contributed by atoms with Gasteiger partial charge in [0.05, 0.1) is 4.92 Å². The molecule has 0 N–H and O–H groups in total. The molecule has 142 valence electrons. The second kappa shape index (κ2) is 8.10. The molecule has 2 unspecified atom stereocenters.